The normalized spacial score (nSPS) is 22.8. The van der Waals surface area contributed by atoms with Gasteiger partial charge in [-0.1, -0.05) is 24.3 Å². The number of methoxy groups -OCH3 is 2. The Balaban J connectivity index is 1.91. The number of benzene rings is 2. The molecule has 0 aliphatic carbocycles. The Hall–Kier alpha value is -2.04. The van der Waals surface area contributed by atoms with Crippen molar-refractivity contribution in [2.24, 2.45) is 0 Å². The van der Waals surface area contributed by atoms with Gasteiger partial charge in [0.05, 0.1) is 14.2 Å². The Bertz CT molecular complexity index is 589. The third-order valence-corrected chi connectivity index (χ3v) is 3.99. The zero-order valence-corrected chi connectivity index (χ0v) is 13.9. The van der Waals surface area contributed by atoms with Crippen LogP contribution in [0.5, 0.6) is 11.5 Å². The second-order valence-corrected chi connectivity index (χ2v) is 6.02. The van der Waals surface area contributed by atoms with E-state index in [4.69, 9.17) is 18.9 Å². The summed E-state index contributed by atoms with van der Waals surface area (Å²) >= 11 is 0. The van der Waals surface area contributed by atoms with E-state index in [2.05, 4.69) is 0 Å². The van der Waals surface area contributed by atoms with Crippen LogP contribution in [0.15, 0.2) is 48.5 Å². The Kier molecular flexibility index (Phi) is 4.28. The minimum absolute atomic E-state index is 0.163. The largest absolute Gasteiger partial charge is 0.497 e. The van der Waals surface area contributed by atoms with Crippen LogP contribution in [0.3, 0.4) is 0 Å². The van der Waals surface area contributed by atoms with Crippen molar-refractivity contribution in [3.8, 4) is 11.5 Å². The molecule has 1 aliphatic rings. The van der Waals surface area contributed by atoms with Crippen LogP contribution in [0.1, 0.15) is 37.2 Å². The summed E-state index contributed by atoms with van der Waals surface area (Å²) in [6.07, 6.45) is -0.325. The summed E-state index contributed by atoms with van der Waals surface area (Å²) in [6.45, 7) is 3.88. The van der Waals surface area contributed by atoms with Crippen molar-refractivity contribution in [2.75, 3.05) is 14.2 Å². The molecule has 2 aromatic rings. The summed E-state index contributed by atoms with van der Waals surface area (Å²) in [5.74, 6) is 1.02. The summed E-state index contributed by atoms with van der Waals surface area (Å²) in [5.41, 5.74) is 2.13. The van der Waals surface area contributed by atoms with Gasteiger partial charge in [-0.25, -0.2) is 0 Å². The number of hydrogen-bond acceptors (Lipinski definition) is 4. The van der Waals surface area contributed by atoms with Crippen molar-refractivity contribution in [1.29, 1.82) is 0 Å². The Morgan fingerprint density at radius 3 is 1.35 bits per heavy atom. The molecule has 23 heavy (non-hydrogen) atoms. The molecule has 3 rings (SSSR count). The van der Waals surface area contributed by atoms with Crippen molar-refractivity contribution in [3.05, 3.63) is 59.7 Å². The second-order valence-electron chi connectivity index (χ2n) is 6.02. The average Bonchev–Trinajstić information content (AvgIpc) is 2.91. The monoisotopic (exact) mass is 314 g/mol. The van der Waals surface area contributed by atoms with Gasteiger partial charge in [0.2, 0.25) is 0 Å². The molecule has 0 unspecified atom stereocenters. The van der Waals surface area contributed by atoms with Gasteiger partial charge < -0.3 is 18.9 Å². The zero-order chi connectivity index (χ0) is 16.4. The molecular formula is C19H22O4. The van der Waals surface area contributed by atoms with Crippen LogP contribution < -0.4 is 9.47 Å². The van der Waals surface area contributed by atoms with Gasteiger partial charge >= 0.3 is 0 Å². The van der Waals surface area contributed by atoms with E-state index in [0.717, 1.165) is 22.6 Å². The van der Waals surface area contributed by atoms with Crippen LogP contribution in [0.25, 0.3) is 0 Å². The highest BCUT2D eigenvalue weighted by Gasteiger charge is 2.42. The summed E-state index contributed by atoms with van der Waals surface area (Å²) in [7, 11) is 3.32. The van der Waals surface area contributed by atoms with Gasteiger partial charge in [-0.05, 0) is 49.2 Å². The van der Waals surface area contributed by atoms with Crippen LogP contribution in [0.4, 0.5) is 0 Å². The maximum absolute atomic E-state index is 6.14. The van der Waals surface area contributed by atoms with Gasteiger partial charge in [0.25, 0.3) is 0 Å². The molecule has 0 spiro atoms. The molecule has 4 nitrogen and oxygen atoms in total. The van der Waals surface area contributed by atoms with Gasteiger partial charge in [-0.2, -0.15) is 0 Å². The molecule has 122 valence electrons. The van der Waals surface area contributed by atoms with Crippen molar-refractivity contribution in [1.82, 2.24) is 0 Å². The van der Waals surface area contributed by atoms with E-state index in [1.54, 1.807) is 14.2 Å². The van der Waals surface area contributed by atoms with E-state index in [1.165, 1.54) is 0 Å². The Labute approximate surface area is 136 Å². The molecule has 0 saturated carbocycles. The van der Waals surface area contributed by atoms with Crippen molar-refractivity contribution in [3.63, 3.8) is 0 Å². The highest BCUT2D eigenvalue weighted by Crippen LogP contribution is 2.47. The second kappa shape index (κ2) is 6.22. The highest BCUT2D eigenvalue weighted by atomic mass is 16.7. The summed E-state index contributed by atoms with van der Waals surface area (Å²) in [6, 6.07) is 15.8. The molecule has 1 fully saturated rings. The van der Waals surface area contributed by atoms with E-state index >= 15 is 0 Å². The maximum Gasteiger partial charge on any atom is 0.164 e. The minimum Gasteiger partial charge on any atom is -0.497 e. The topological polar surface area (TPSA) is 36.9 Å². The van der Waals surface area contributed by atoms with E-state index < -0.39 is 5.79 Å². The Morgan fingerprint density at radius 1 is 0.696 bits per heavy atom. The first-order chi connectivity index (χ1) is 11.0. The lowest BCUT2D eigenvalue weighted by atomic mass is 9.98. The summed E-state index contributed by atoms with van der Waals surface area (Å²) < 4.78 is 22.7. The van der Waals surface area contributed by atoms with E-state index in [1.807, 2.05) is 62.4 Å². The van der Waals surface area contributed by atoms with Gasteiger partial charge in [0, 0.05) is 0 Å². The van der Waals surface area contributed by atoms with Crippen molar-refractivity contribution < 1.29 is 18.9 Å². The molecule has 4 heteroatoms. The molecule has 2 aromatic carbocycles. The fourth-order valence-corrected chi connectivity index (χ4v) is 2.84. The van der Waals surface area contributed by atoms with Crippen LogP contribution >= 0.6 is 0 Å². The molecule has 0 amide bonds. The van der Waals surface area contributed by atoms with Gasteiger partial charge in [-0.3, -0.25) is 0 Å². The smallest absolute Gasteiger partial charge is 0.164 e. The van der Waals surface area contributed by atoms with Gasteiger partial charge in [-0.15, -0.1) is 0 Å². The fraction of sp³-hybridized carbons (Fsp3) is 0.368. The molecule has 0 aromatic heterocycles. The standard InChI is InChI=1S/C19H22O4/c1-19(2)22-17(13-5-9-15(20-3)10-6-13)18(23-19)14-7-11-16(21-4)12-8-14/h5-12,17-18H,1-4H3/t17-,18-/m1/s1. The molecular weight excluding hydrogens is 292 g/mol. The van der Waals surface area contributed by atoms with Gasteiger partial charge in [0.15, 0.2) is 5.79 Å². The quantitative estimate of drug-likeness (QED) is 0.844. The molecule has 1 aliphatic heterocycles. The van der Waals surface area contributed by atoms with Crippen molar-refractivity contribution in [2.45, 2.75) is 31.8 Å². The molecule has 1 saturated heterocycles. The number of rotatable bonds is 4. The Morgan fingerprint density at radius 2 is 1.04 bits per heavy atom. The van der Waals surface area contributed by atoms with Gasteiger partial charge in [0.1, 0.15) is 23.7 Å². The minimum atomic E-state index is -0.630. The van der Waals surface area contributed by atoms with Crippen LogP contribution in [0.2, 0.25) is 0 Å². The maximum atomic E-state index is 6.14. The van der Waals surface area contributed by atoms with Crippen LogP contribution in [-0.2, 0) is 9.47 Å². The fourth-order valence-electron chi connectivity index (χ4n) is 2.84. The lowest BCUT2D eigenvalue weighted by Crippen LogP contribution is -2.20. The average molecular weight is 314 g/mol. The number of ether oxygens (including phenoxy) is 4. The lowest BCUT2D eigenvalue weighted by Gasteiger charge is -2.18. The predicted octanol–water partition coefficient (Wildman–Crippen LogP) is 4.27. The first-order valence-corrected chi connectivity index (χ1v) is 7.66. The highest BCUT2D eigenvalue weighted by molar-refractivity contribution is 5.34. The molecule has 0 bridgehead atoms. The van der Waals surface area contributed by atoms with E-state index in [9.17, 15) is 0 Å². The molecule has 2 atom stereocenters. The third kappa shape index (κ3) is 3.33. The third-order valence-electron chi connectivity index (χ3n) is 3.99. The van der Waals surface area contributed by atoms with Crippen molar-refractivity contribution >= 4 is 0 Å². The van der Waals surface area contributed by atoms with E-state index in [0.29, 0.717) is 0 Å². The van der Waals surface area contributed by atoms with Crippen LogP contribution in [0, 0.1) is 0 Å². The molecule has 0 radical (unpaired) electrons. The van der Waals surface area contributed by atoms with Crippen LogP contribution in [-0.4, -0.2) is 20.0 Å². The SMILES string of the molecule is COc1ccc([C@H]2OC(C)(C)O[C@@H]2c2ccc(OC)cc2)cc1. The lowest BCUT2D eigenvalue weighted by molar-refractivity contribution is -0.147. The van der Waals surface area contributed by atoms with E-state index in [-0.39, 0.29) is 12.2 Å². The first-order valence-electron chi connectivity index (χ1n) is 7.66. The zero-order valence-electron chi connectivity index (χ0n) is 13.9. The first kappa shape index (κ1) is 15.8. The predicted molar refractivity (Wildman–Crippen MR) is 87.7 cm³/mol. The summed E-state index contributed by atoms with van der Waals surface area (Å²) in [4.78, 5) is 0. The molecule has 0 N–H and O–H groups in total. The summed E-state index contributed by atoms with van der Waals surface area (Å²) in [5, 5.41) is 0. The number of hydrogen-bond donors (Lipinski definition) is 0. The molecule has 1 heterocycles.